The Balaban J connectivity index is 2.70. The SMILES string of the molecule is CC=Nc1c(C)c(O)c2c(nc(COC(C)=O)n2C)c1O. The molecule has 21 heavy (non-hydrogen) atoms. The number of phenols is 2. The second kappa shape index (κ2) is 5.43. The maximum atomic E-state index is 10.9. The van der Waals surface area contributed by atoms with Gasteiger partial charge in [0.25, 0.3) is 0 Å². The molecule has 0 amide bonds. The lowest BCUT2D eigenvalue weighted by molar-refractivity contribution is -0.142. The number of hydrogen-bond donors (Lipinski definition) is 2. The van der Waals surface area contributed by atoms with Crippen LogP contribution in [0.4, 0.5) is 5.69 Å². The fraction of sp³-hybridized carbons (Fsp3) is 0.357. The van der Waals surface area contributed by atoms with E-state index in [9.17, 15) is 15.0 Å². The van der Waals surface area contributed by atoms with Gasteiger partial charge in [-0.15, -0.1) is 0 Å². The summed E-state index contributed by atoms with van der Waals surface area (Å²) in [6.07, 6.45) is 1.52. The molecule has 0 bridgehead atoms. The van der Waals surface area contributed by atoms with Gasteiger partial charge in [-0.2, -0.15) is 0 Å². The van der Waals surface area contributed by atoms with Crippen LogP contribution in [-0.4, -0.2) is 31.9 Å². The van der Waals surface area contributed by atoms with E-state index in [4.69, 9.17) is 4.74 Å². The largest absolute Gasteiger partial charge is 0.505 e. The summed E-state index contributed by atoms with van der Waals surface area (Å²) in [5.74, 6) is -0.124. The van der Waals surface area contributed by atoms with Crippen LogP contribution in [0.3, 0.4) is 0 Å². The number of aliphatic imine (C=N–C) groups is 1. The van der Waals surface area contributed by atoms with Crippen LogP contribution in [-0.2, 0) is 23.2 Å². The number of hydrogen-bond acceptors (Lipinski definition) is 6. The number of aromatic hydroxyl groups is 2. The van der Waals surface area contributed by atoms with E-state index in [0.717, 1.165) is 0 Å². The van der Waals surface area contributed by atoms with Crippen molar-refractivity contribution in [2.24, 2.45) is 12.0 Å². The predicted octanol–water partition coefficient (Wildman–Crippen LogP) is 2.08. The molecule has 0 aliphatic rings. The summed E-state index contributed by atoms with van der Waals surface area (Å²) in [7, 11) is 1.68. The van der Waals surface area contributed by atoms with Crippen LogP contribution in [0.1, 0.15) is 25.2 Å². The summed E-state index contributed by atoms with van der Waals surface area (Å²) in [5, 5.41) is 20.6. The number of benzene rings is 1. The molecule has 0 atom stereocenters. The van der Waals surface area contributed by atoms with Crippen LogP contribution in [0.2, 0.25) is 0 Å². The number of nitrogens with zero attached hydrogens (tertiary/aromatic N) is 3. The molecule has 7 nitrogen and oxygen atoms in total. The Morgan fingerprint density at radius 2 is 2.10 bits per heavy atom. The van der Waals surface area contributed by atoms with Gasteiger partial charge in [-0.05, 0) is 13.8 Å². The van der Waals surface area contributed by atoms with Crippen LogP contribution >= 0.6 is 0 Å². The van der Waals surface area contributed by atoms with E-state index in [1.54, 1.807) is 25.5 Å². The molecule has 0 unspecified atom stereocenters. The fourth-order valence-electron chi connectivity index (χ4n) is 2.14. The molecule has 0 saturated heterocycles. The van der Waals surface area contributed by atoms with Gasteiger partial charge in [-0.3, -0.25) is 9.79 Å². The standard InChI is InChI=1S/C14H17N3O4/c1-5-15-10-7(2)13(19)12-11(14(10)20)16-9(17(12)4)6-21-8(3)18/h5,19-20H,6H2,1-4H3. The Morgan fingerprint density at radius 1 is 1.43 bits per heavy atom. The zero-order valence-corrected chi connectivity index (χ0v) is 12.3. The van der Waals surface area contributed by atoms with Crippen LogP contribution < -0.4 is 0 Å². The molecule has 0 radical (unpaired) electrons. The van der Waals surface area contributed by atoms with Crippen molar-refractivity contribution >= 4 is 28.9 Å². The molecule has 0 spiro atoms. The topological polar surface area (TPSA) is 96.9 Å². The Bertz CT molecular complexity index is 747. The van der Waals surface area contributed by atoms with Gasteiger partial charge in [0, 0.05) is 25.7 Å². The number of carbonyl (C=O) groups is 1. The summed E-state index contributed by atoms with van der Waals surface area (Å²) >= 11 is 0. The summed E-state index contributed by atoms with van der Waals surface area (Å²) < 4.78 is 6.49. The molecule has 1 aromatic carbocycles. The second-order valence-electron chi connectivity index (χ2n) is 4.62. The quantitative estimate of drug-likeness (QED) is 0.512. The van der Waals surface area contributed by atoms with Gasteiger partial charge < -0.3 is 19.5 Å². The van der Waals surface area contributed by atoms with Crippen molar-refractivity contribution in [1.82, 2.24) is 9.55 Å². The van der Waals surface area contributed by atoms with Crippen molar-refractivity contribution in [3.05, 3.63) is 11.4 Å². The lowest BCUT2D eigenvalue weighted by Gasteiger charge is -2.09. The maximum absolute atomic E-state index is 10.9. The minimum Gasteiger partial charge on any atom is -0.505 e. The molecular formula is C14H17N3O4. The first-order valence-corrected chi connectivity index (χ1v) is 6.40. The number of carbonyl (C=O) groups excluding carboxylic acids is 1. The molecular weight excluding hydrogens is 274 g/mol. The van der Waals surface area contributed by atoms with Crippen molar-refractivity contribution in [1.29, 1.82) is 0 Å². The van der Waals surface area contributed by atoms with Crippen molar-refractivity contribution in [3.63, 3.8) is 0 Å². The summed E-state index contributed by atoms with van der Waals surface area (Å²) in [4.78, 5) is 19.2. The maximum Gasteiger partial charge on any atom is 0.303 e. The summed E-state index contributed by atoms with van der Waals surface area (Å²) in [6, 6.07) is 0. The number of imidazole rings is 1. The van der Waals surface area contributed by atoms with E-state index in [1.165, 1.54) is 13.1 Å². The highest BCUT2D eigenvalue weighted by Gasteiger charge is 2.21. The van der Waals surface area contributed by atoms with Crippen molar-refractivity contribution in [3.8, 4) is 11.5 Å². The van der Waals surface area contributed by atoms with Crippen LogP contribution in [0.25, 0.3) is 11.0 Å². The van der Waals surface area contributed by atoms with E-state index in [1.807, 2.05) is 0 Å². The lowest BCUT2D eigenvalue weighted by Crippen LogP contribution is -2.04. The monoisotopic (exact) mass is 291 g/mol. The highest BCUT2D eigenvalue weighted by molar-refractivity contribution is 5.95. The van der Waals surface area contributed by atoms with E-state index in [-0.39, 0.29) is 29.3 Å². The first-order chi connectivity index (χ1) is 9.88. The summed E-state index contributed by atoms with van der Waals surface area (Å²) in [6.45, 7) is 4.64. The Labute approximate surface area is 121 Å². The Hall–Kier alpha value is -2.57. The Kier molecular flexibility index (Phi) is 3.84. The number of phenolic OH excluding ortho intramolecular Hbond substituents is 2. The molecule has 1 heterocycles. The first kappa shape index (κ1) is 14.8. The van der Waals surface area contributed by atoms with Crippen LogP contribution in [0.5, 0.6) is 11.5 Å². The molecule has 112 valence electrons. The third-order valence-corrected chi connectivity index (χ3v) is 3.23. The molecule has 0 aliphatic carbocycles. The fourth-order valence-corrected chi connectivity index (χ4v) is 2.14. The van der Waals surface area contributed by atoms with Gasteiger partial charge in [0.1, 0.15) is 34.9 Å². The Morgan fingerprint density at radius 3 is 2.67 bits per heavy atom. The molecule has 2 N–H and O–H groups in total. The zero-order valence-electron chi connectivity index (χ0n) is 12.3. The van der Waals surface area contributed by atoms with Crippen molar-refractivity contribution in [2.45, 2.75) is 27.4 Å². The van der Waals surface area contributed by atoms with Gasteiger partial charge in [0.15, 0.2) is 5.75 Å². The third-order valence-electron chi connectivity index (χ3n) is 3.23. The number of fused-ring (bicyclic) bond motifs is 1. The minimum absolute atomic E-state index is 0.00697. The van der Waals surface area contributed by atoms with Crippen molar-refractivity contribution in [2.75, 3.05) is 0 Å². The van der Waals surface area contributed by atoms with Crippen LogP contribution in [0, 0.1) is 6.92 Å². The predicted molar refractivity (Wildman–Crippen MR) is 78.1 cm³/mol. The third kappa shape index (κ3) is 2.42. The number of aromatic nitrogens is 2. The second-order valence-corrected chi connectivity index (χ2v) is 4.62. The molecule has 7 heteroatoms. The highest BCUT2D eigenvalue weighted by atomic mass is 16.5. The van der Waals surface area contributed by atoms with E-state index in [2.05, 4.69) is 9.98 Å². The number of esters is 1. The van der Waals surface area contributed by atoms with E-state index < -0.39 is 5.97 Å². The lowest BCUT2D eigenvalue weighted by atomic mass is 10.1. The van der Waals surface area contributed by atoms with Gasteiger partial charge in [0.05, 0.1) is 0 Å². The van der Waals surface area contributed by atoms with Gasteiger partial charge >= 0.3 is 5.97 Å². The normalized spacial score (nSPS) is 11.4. The number of rotatable bonds is 3. The smallest absolute Gasteiger partial charge is 0.303 e. The van der Waals surface area contributed by atoms with E-state index >= 15 is 0 Å². The molecule has 2 aromatic rings. The average molecular weight is 291 g/mol. The molecule has 0 aliphatic heterocycles. The van der Waals surface area contributed by atoms with Gasteiger partial charge in [0.2, 0.25) is 0 Å². The van der Waals surface area contributed by atoms with Crippen LogP contribution in [0.15, 0.2) is 4.99 Å². The highest BCUT2D eigenvalue weighted by Crippen LogP contribution is 2.43. The minimum atomic E-state index is -0.428. The first-order valence-electron chi connectivity index (χ1n) is 6.40. The average Bonchev–Trinajstić information content (AvgIpc) is 2.76. The van der Waals surface area contributed by atoms with E-state index in [0.29, 0.717) is 16.9 Å². The van der Waals surface area contributed by atoms with Gasteiger partial charge in [-0.25, -0.2) is 4.98 Å². The zero-order chi connectivity index (χ0) is 15.7. The van der Waals surface area contributed by atoms with Gasteiger partial charge in [-0.1, -0.05) is 0 Å². The molecule has 2 rings (SSSR count). The molecule has 0 fully saturated rings. The van der Waals surface area contributed by atoms with Crippen molar-refractivity contribution < 1.29 is 19.7 Å². The number of ether oxygens (including phenoxy) is 1. The molecule has 1 aromatic heterocycles. The molecule has 0 saturated carbocycles. The number of aryl methyl sites for hydroxylation is 1. The summed E-state index contributed by atoms with van der Waals surface area (Å²) in [5.41, 5.74) is 1.34.